The third kappa shape index (κ3) is 3.30. The van der Waals surface area contributed by atoms with Crippen LogP contribution in [0, 0.1) is 0 Å². The molecule has 2 rings (SSSR count). The zero-order valence-corrected chi connectivity index (χ0v) is 12.3. The fourth-order valence-corrected chi connectivity index (χ4v) is 3.06. The van der Waals surface area contributed by atoms with Gasteiger partial charge in [-0.25, -0.2) is 0 Å². The standard InChI is InChI=1S/C14H21BrN2/c1-16-14(8-3-9-17(2)11-14)10-12-4-6-13(15)7-5-12/h4-7,16H,3,8-11H2,1-2H3. The first kappa shape index (κ1) is 13.1. The Labute approximate surface area is 113 Å². The monoisotopic (exact) mass is 296 g/mol. The Balaban J connectivity index is 2.10. The van der Waals surface area contributed by atoms with Crippen LogP contribution in [0.2, 0.25) is 0 Å². The number of likely N-dealkylation sites (N-methyl/N-ethyl adjacent to an activating group) is 2. The highest BCUT2D eigenvalue weighted by atomic mass is 79.9. The maximum absolute atomic E-state index is 3.56. The van der Waals surface area contributed by atoms with Crippen LogP contribution in [-0.4, -0.2) is 37.6 Å². The highest BCUT2D eigenvalue weighted by Crippen LogP contribution is 2.25. The van der Waals surface area contributed by atoms with Crippen LogP contribution >= 0.6 is 15.9 Å². The minimum absolute atomic E-state index is 0.251. The molecule has 0 aromatic heterocycles. The maximum atomic E-state index is 3.56. The van der Waals surface area contributed by atoms with Gasteiger partial charge < -0.3 is 10.2 Å². The van der Waals surface area contributed by atoms with Crippen molar-refractivity contribution in [2.24, 2.45) is 0 Å². The second-order valence-corrected chi connectivity index (χ2v) is 6.09. The number of hydrogen-bond acceptors (Lipinski definition) is 2. The lowest BCUT2D eigenvalue weighted by molar-refractivity contribution is 0.151. The maximum Gasteiger partial charge on any atom is 0.0347 e. The molecule has 0 aliphatic carbocycles. The van der Waals surface area contributed by atoms with E-state index in [9.17, 15) is 0 Å². The molecular weight excluding hydrogens is 276 g/mol. The topological polar surface area (TPSA) is 15.3 Å². The van der Waals surface area contributed by atoms with E-state index < -0.39 is 0 Å². The molecule has 1 atom stereocenters. The molecule has 0 radical (unpaired) electrons. The minimum atomic E-state index is 0.251. The molecular formula is C14H21BrN2. The van der Waals surface area contributed by atoms with Crippen molar-refractivity contribution in [2.45, 2.75) is 24.8 Å². The van der Waals surface area contributed by atoms with Crippen molar-refractivity contribution in [3.63, 3.8) is 0 Å². The average molecular weight is 297 g/mol. The number of piperidine rings is 1. The summed E-state index contributed by atoms with van der Waals surface area (Å²) in [6, 6.07) is 8.70. The van der Waals surface area contributed by atoms with Gasteiger partial charge in [0.15, 0.2) is 0 Å². The van der Waals surface area contributed by atoms with Gasteiger partial charge in [-0.1, -0.05) is 28.1 Å². The zero-order valence-electron chi connectivity index (χ0n) is 10.7. The summed E-state index contributed by atoms with van der Waals surface area (Å²) < 4.78 is 1.15. The molecule has 1 aromatic rings. The minimum Gasteiger partial charge on any atom is -0.313 e. The highest BCUT2D eigenvalue weighted by Gasteiger charge is 2.32. The Kier molecular flexibility index (Phi) is 4.23. The van der Waals surface area contributed by atoms with Crippen LogP contribution in [0.25, 0.3) is 0 Å². The van der Waals surface area contributed by atoms with Crippen molar-refractivity contribution in [1.29, 1.82) is 0 Å². The predicted octanol–water partition coefficient (Wildman–Crippen LogP) is 2.68. The average Bonchev–Trinajstić information content (AvgIpc) is 2.32. The number of likely N-dealkylation sites (tertiary alicyclic amines) is 1. The van der Waals surface area contributed by atoms with Crippen LogP contribution < -0.4 is 5.32 Å². The van der Waals surface area contributed by atoms with Crippen LogP contribution in [0.3, 0.4) is 0 Å². The summed E-state index contributed by atoms with van der Waals surface area (Å²) in [6.07, 6.45) is 3.67. The van der Waals surface area contributed by atoms with E-state index in [1.165, 1.54) is 24.9 Å². The van der Waals surface area contributed by atoms with Crippen molar-refractivity contribution in [2.75, 3.05) is 27.2 Å². The van der Waals surface area contributed by atoms with Gasteiger partial charge in [0.25, 0.3) is 0 Å². The quantitative estimate of drug-likeness (QED) is 0.923. The Morgan fingerprint density at radius 2 is 2.06 bits per heavy atom. The second-order valence-electron chi connectivity index (χ2n) is 5.17. The molecule has 1 aromatic carbocycles. The van der Waals surface area contributed by atoms with E-state index in [1.807, 2.05) is 0 Å². The molecule has 2 nitrogen and oxygen atoms in total. The van der Waals surface area contributed by atoms with E-state index in [2.05, 4.69) is 64.5 Å². The molecule has 0 amide bonds. The molecule has 1 saturated heterocycles. The summed E-state index contributed by atoms with van der Waals surface area (Å²) in [5, 5.41) is 3.56. The van der Waals surface area contributed by atoms with E-state index in [4.69, 9.17) is 0 Å². The van der Waals surface area contributed by atoms with Gasteiger partial charge in [-0.15, -0.1) is 0 Å². The summed E-state index contributed by atoms with van der Waals surface area (Å²) in [5.74, 6) is 0. The first-order valence-electron chi connectivity index (χ1n) is 6.25. The van der Waals surface area contributed by atoms with Gasteiger partial charge >= 0.3 is 0 Å². The van der Waals surface area contributed by atoms with E-state index in [0.29, 0.717) is 0 Å². The van der Waals surface area contributed by atoms with Crippen LogP contribution in [-0.2, 0) is 6.42 Å². The lowest BCUT2D eigenvalue weighted by Gasteiger charge is -2.41. The molecule has 0 saturated carbocycles. The largest absolute Gasteiger partial charge is 0.313 e. The van der Waals surface area contributed by atoms with Crippen molar-refractivity contribution < 1.29 is 0 Å². The van der Waals surface area contributed by atoms with Gasteiger partial charge in [-0.3, -0.25) is 0 Å². The molecule has 1 aliphatic rings. The predicted molar refractivity (Wildman–Crippen MR) is 76.4 cm³/mol. The normalized spacial score (nSPS) is 26.1. The Bertz CT molecular complexity index is 363. The lowest BCUT2D eigenvalue weighted by atomic mass is 9.83. The summed E-state index contributed by atoms with van der Waals surface area (Å²) in [6.45, 7) is 2.36. The number of hydrogen-bond donors (Lipinski definition) is 1. The van der Waals surface area contributed by atoms with Crippen molar-refractivity contribution in [3.8, 4) is 0 Å². The van der Waals surface area contributed by atoms with Crippen LogP contribution in [0.15, 0.2) is 28.7 Å². The summed E-state index contributed by atoms with van der Waals surface area (Å²) in [5.41, 5.74) is 1.67. The zero-order chi connectivity index (χ0) is 12.3. The van der Waals surface area contributed by atoms with Gasteiger partial charge in [0.1, 0.15) is 0 Å². The molecule has 94 valence electrons. The number of benzene rings is 1. The van der Waals surface area contributed by atoms with Crippen molar-refractivity contribution >= 4 is 15.9 Å². The van der Waals surface area contributed by atoms with Gasteiger partial charge in [0, 0.05) is 16.6 Å². The van der Waals surface area contributed by atoms with E-state index in [1.54, 1.807) is 0 Å². The van der Waals surface area contributed by atoms with Gasteiger partial charge in [0.05, 0.1) is 0 Å². The number of nitrogens with one attached hydrogen (secondary N) is 1. The Morgan fingerprint density at radius 3 is 2.65 bits per heavy atom. The summed E-state index contributed by atoms with van der Waals surface area (Å²) in [7, 11) is 4.31. The molecule has 1 fully saturated rings. The number of nitrogens with zero attached hydrogens (tertiary/aromatic N) is 1. The molecule has 1 unspecified atom stereocenters. The van der Waals surface area contributed by atoms with Gasteiger partial charge in [-0.2, -0.15) is 0 Å². The van der Waals surface area contributed by atoms with Crippen molar-refractivity contribution in [3.05, 3.63) is 34.3 Å². The molecule has 1 heterocycles. The smallest absolute Gasteiger partial charge is 0.0347 e. The molecule has 1 N–H and O–H groups in total. The fraction of sp³-hybridized carbons (Fsp3) is 0.571. The molecule has 1 aliphatic heterocycles. The van der Waals surface area contributed by atoms with Crippen LogP contribution in [0.1, 0.15) is 18.4 Å². The molecule has 17 heavy (non-hydrogen) atoms. The van der Waals surface area contributed by atoms with E-state index in [0.717, 1.165) is 17.4 Å². The molecule has 0 spiro atoms. The van der Waals surface area contributed by atoms with Crippen LogP contribution in [0.4, 0.5) is 0 Å². The van der Waals surface area contributed by atoms with Gasteiger partial charge in [0.2, 0.25) is 0 Å². The Hall–Kier alpha value is -0.380. The third-order valence-electron chi connectivity index (χ3n) is 3.75. The van der Waals surface area contributed by atoms with Crippen LogP contribution in [0.5, 0.6) is 0 Å². The lowest BCUT2D eigenvalue weighted by Crippen LogP contribution is -2.56. The highest BCUT2D eigenvalue weighted by molar-refractivity contribution is 9.10. The first-order chi connectivity index (χ1) is 8.13. The molecule has 3 heteroatoms. The molecule has 0 bridgehead atoms. The summed E-state index contributed by atoms with van der Waals surface area (Å²) >= 11 is 3.49. The van der Waals surface area contributed by atoms with E-state index in [-0.39, 0.29) is 5.54 Å². The SMILES string of the molecule is CNC1(Cc2ccc(Br)cc2)CCCN(C)C1. The number of halogens is 1. The Morgan fingerprint density at radius 1 is 1.35 bits per heavy atom. The summed E-state index contributed by atoms with van der Waals surface area (Å²) in [4.78, 5) is 2.43. The van der Waals surface area contributed by atoms with E-state index >= 15 is 0 Å². The van der Waals surface area contributed by atoms with Crippen molar-refractivity contribution in [1.82, 2.24) is 10.2 Å². The third-order valence-corrected chi connectivity index (χ3v) is 4.28. The fourth-order valence-electron chi connectivity index (χ4n) is 2.79. The second kappa shape index (κ2) is 5.51. The number of rotatable bonds is 3. The first-order valence-corrected chi connectivity index (χ1v) is 7.05. The van der Waals surface area contributed by atoms with Gasteiger partial charge in [-0.05, 0) is 57.6 Å².